The molecule has 0 amide bonds. The first-order valence-electron chi connectivity index (χ1n) is 6.09. The number of anilines is 1. The maximum atomic E-state index is 11.6. The summed E-state index contributed by atoms with van der Waals surface area (Å²) < 4.78 is 1.03. The van der Waals surface area contributed by atoms with Crippen LogP contribution in [0.1, 0.15) is 36.5 Å². The zero-order valence-electron chi connectivity index (χ0n) is 10.4. The first kappa shape index (κ1) is 12.6. The fraction of sp³-hybridized carbons (Fsp3) is 0.500. The Balaban J connectivity index is 2.21. The van der Waals surface area contributed by atoms with Gasteiger partial charge in [-0.3, -0.25) is 4.79 Å². The van der Waals surface area contributed by atoms with Crippen molar-refractivity contribution in [3.05, 3.63) is 28.2 Å². The van der Waals surface area contributed by atoms with E-state index >= 15 is 0 Å². The van der Waals surface area contributed by atoms with E-state index in [9.17, 15) is 4.79 Å². The quantitative estimate of drug-likeness (QED) is 0.786. The molecule has 3 heteroatoms. The minimum atomic E-state index is 0.132. The van der Waals surface area contributed by atoms with Gasteiger partial charge in [0.15, 0.2) is 5.78 Å². The zero-order valence-corrected chi connectivity index (χ0v) is 12.0. The highest BCUT2D eigenvalue weighted by Gasteiger charge is 2.21. The largest absolute Gasteiger partial charge is 0.374 e. The number of hydrogen-bond donors (Lipinski definition) is 0. The molecule has 92 valence electrons. The molecular formula is C14H18BrNO. The number of Topliss-reactive ketones (excluding diaryl/α,β-unsaturated/α-hetero) is 1. The molecule has 0 N–H and O–H groups in total. The third-order valence-electron chi connectivity index (χ3n) is 3.51. The number of carbonyl (C=O) groups is 1. The number of hydrogen-bond acceptors (Lipinski definition) is 2. The van der Waals surface area contributed by atoms with Gasteiger partial charge in [-0.1, -0.05) is 22.4 Å². The van der Waals surface area contributed by atoms with Crippen molar-refractivity contribution in [2.45, 2.75) is 26.2 Å². The molecule has 1 saturated carbocycles. The summed E-state index contributed by atoms with van der Waals surface area (Å²) in [4.78, 5) is 13.8. The van der Waals surface area contributed by atoms with Crippen molar-refractivity contribution in [2.24, 2.45) is 5.92 Å². The van der Waals surface area contributed by atoms with Crippen molar-refractivity contribution >= 4 is 27.4 Å². The van der Waals surface area contributed by atoms with Crippen molar-refractivity contribution < 1.29 is 4.79 Å². The number of nitrogens with zero attached hydrogens (tertiary/aromatic N) is 1. The van der Waals surface area contributed by atoms with E-state index in [0.717, 1.165) is 28.2 Å². The summed E-state index contributed by atoms with van der Waals surface area (Å²) in [7, 11) is 2.08. The van der Waals surface area contributed by atoms with Gasteiger partial charge < -0.3 is 4.90 Å². The molecule has 0 spiro atoms. The Morgan fingerprint density at radius 1 is 1.47 bits per heavy atom. The SMILES string of the molecule is CC(=O)c1ccc(Br)cc1N(C)CC1CCC1. The molecule has 1 aliphatic carbocycles. The Labute approximate surface area is 111 Å². The molecule has 0 aromatic heterocycles. The Morgan fingerprint density at radius 3 is 2.71 bits per heavy atom. The van der Waals surface area contributed by atoms with Gasteiger partial charge in [-0.25, -0.2) is 0 Å². The number of carbonyl (C=O) groups excluding carboxylic acids is 1. The van der Waals surface area contributed by atoms with E-state index in [1.807, 2.05) is 18.2 Å². The molecule has 0 unspecified atom stereocenters. The van der Waals surface area contributed by atoms with Gasteiger partial charge in [0.2, 0.25) is 0 Å². The summed E-state index contributed by atoms with van der Waals surface area (Å²) in [5.74, 6) is 0.937. The van der Waals surface area contributed by atoms with E-state index in [1.165, 1.54) is 19.3 Å². The fourth-order valence-electron chi connectivity index (χ4n) is 2.28. The monoisotopic (exact) mass is 295 g/mol. The summed E-state index contributed by atoms with van der Waals surface area (Å²) in [6.45, 7) is 2.68. The van der Waals surface area contributed by atoms with Crippen molar-refractivity contribution in [3.8, 4) is 0 Å². The van der Waals surface area contributed by atoms with Crippen molar-refractivity contribution in [3.63, 3.8) is 0 Å². The summed E-state index contributed by atoms with van der Waals surface area (Å²) in [6, 6.07) is 5.87. The van der Waals surface area contributed by atoms with Gasteiger partial charge >= 0.3 is 0 Å². The van der Waals surface area contributed by atoms with Crippen molar-refractivity contribution in [2.75, 3.05) is 18.5 Å². The van der Waals surface area contributed by atoms with Crippen LogP contribution in [0.15, 0.2) is 22.7 Å². The second-order valence-electron chi connectivity index (χ2n) is 4.90. The molecule has 0 radical (unpaired) electrons. The van der Waals surface area contributed by atoms with Crippen LogP contribution in [0.2, 0.25) is 0 Å². The van der Waals surface area contributed by atoms with Gasteiger partial charge in [0.1, 0.15) is 0 Å². The van der Waals surface area contributed by atoms with Gasteiger partial charge in [0.05, 0.1) is 0 Å². The molecule has 1 fully saturated rings. The van der Waals surface area contributed by atoms with Crippen LogP contribution in [0.25, 0.3) is 0 Å². The third kappa shape index (κ3) is 2.89. The van der Waals surface area contributed by atoms with E-state index in [0.29, 0.717) is 0 Å². The van der Waals surface area contributed by atoms with Crippen LogP contribution in [0.4, 0.5) is 5.69 Å². The first-order valence-corrected chi connectivity index (χ1v) is 6.89. The van der Waals surface area contributed by atoms with E-state index in [4.69, 9.17) is 0 Å². The average molecular weight is 296 g/mol. The topological polar surface area (TPSA) is 20.3 Å². The second-order valence-corrected chi connectivity index (χ2v) is 5.81. The lowest BCUT2D eigenvalue weighted by Crippen LogP contribution is -2.30. The fourth-order valence-corrected chi connectivity index (χ4v) is 2.63. The normalized spacial score (nSPS) is 15.5. The Bertz CT molecular complexity index is 426. The predicted molar refractivity (Wildman–Crippen MR) is 74.8 cm³/mol. The molecule has 0 bridgehead atoms. The summed E-state index contributed by atoms with van der Waals surface area (Å²) in [5, 5.41) is 0. The lowest BCUT2D eigenvalue weighted by molar-refractivity contribution is 0.101. The van der Waals surface area contributed by atoms with E-state index < -0.39 is 0 Å². The maximum Gasteiger partial charge on any atom is 0.161 e. The molecule has 1 aromatic carbocycles. The number of ketones is 1. The highest BCUT2D eigenvalue weighted by molar-refractivity contribution is 9.10. The standard InChI is InChI=1S/C14H18BrNO/c1-10(17)13-7-6-12(15)8-14(13)16(2)9-11-4-3-5-11/h6-8,11H,3-5,9H2,1-2H3. The second kappa shape index (κ2) is 5.21. The van der Waals surface area contributed by atoms with Crippen molar-refractivity contribution in [1.82, 2.24) is 0 Å². The smallest absolute Gasteiger partial charge is 0.161 e. The van der Waals surface area contributed by atoms with Crippen LogP contribution in [0.5, 0.6) is 0 Å². The first-order chi connectivity index (χ1) is 8.08. The number of rotatable bonds is 4. The molecule has 2 nitrogen and oxygen atoms in total. The molecule has 0 saturated heterocycles. The lowest BCUT2D eigenvalue weighted by Gasteiger charge is -2.32. The Kier molecular flexibility index (Phi) is 3.87. The molecule has 17 heavy (non-hydrogen) atoms. The molecule has 1 aliphatic rings. The van der Waals surface area contributed by atoms with Gasteiger partial charge in [-0.05, 0) is 43.9 Å². The Hall–Kier alpha value is -0.830. The molecule has 2 rings (SSSR count). The third-order valence-corrected chi connectivity index (χ3v) is 4.00. The van der Waals surface area contributed by atoms with Gasteiger partial charge in [0.25, 0.3) is 0 Å². The minimum Gasteiger partial charge on any atom is -0.374 e. The number of halogens is 1. The van der Waals surface area contributed by atoms with Crippen LogP contribution in [0, 0.1) is 5.92 Å². The van der Waals surface area contributed by atoms with Crippen molar-refractivity contribution in [1.29, 1.82) is 0 Å². The minimum absolute atomic E-state index is 0.132. The Morgan fingerprint density at radius 2 is 2.18 bits per heavy atom. The van der Waals surface area contributed by atoms with Gasteiger partial charge in [0, 0.05) is 29.3 Å². The van der Waals surface area contributed by atoms with Gasteiger partial charge in [-0.15, -0.1) is 0 Å². The summed E-state index contributed by atoms with van der Waals surface area (Å²) in [6.07, 6.45) is 4.01. The van der Waals surface area contributed by atoms with Crippen LogP contribution in [-0.2, 0) is 0 Å². The molecule has 0 atom stereocenters. The molecule has 0 aliphatic heterocycles. The zero-order chi connectivity index (χ0) is 12.4. The predicted octanol–water partition coefficient (Wildman–Crippen LogP) is 3.89. The summed E-state index contributed by atoms with van der Waals surface area (Å²) in [5.41, 5.74) is 1.86. The summed E-state index contributed by atoms with van der Waals surface area (Å²) >= 11 is 3.47. The van der Waals surface area contributed by atoms with E-state index in [-0.39, 0.29) is 5.78 Å². The van der Waals surface area contributed by atoms with Gasteiger partial charge in [-0.2, -0.15) is 0 Å². The number of benzene rings is 1. The average Bonchev–Trinajstić information content (AvgIpc) is 2.22. The highest BCUT2D eigenvalue weighted by atomic mass is 79.9. The van der Waals surface area contributed by atoms with Crippen LogP contribution >= 0.6 is 15.9 Å². The van der Waals surface area contributed by atoms with Crippen LogP contribution in [0.3, 0.4) is 0 Å². The lowest BCUT2D eigenvalue weighted by atomic mass is 9.85. The van der Waals surface area contributed by atoms with Crippen LogP contribution < -0.4 is 4.90 Å². The highest BCUT2D eigenvalue weighted by Crippen LogP contribution is 2.30. The molecule has 0 heterocycles. The molecular weight excluding hydrogens is 278 g/mol. The van der Waals surface area contributed by atoms with Crippen LogP contribution in [-0.4, -0.2) is 19.4 Å². The maximum absolute atomic E-state index is 11.6. The van der Waals surface area contributed by atoms with E-state index in [1.54, 1.807) is 6.92 Å². The van der Waals surface area contributed by atoms with E-state index in [2.05, 4.69) is 27.9 Å². The molecule has 1 aromatic rings.